The summed E-state index contributed by atoms with van der Waals surface area (Å²) in [5.74, 6) is -1.35. The lowest BCUT2D eigenvalue weighted by atomic mass is 9.98. The molecule has 0 unspecified atom stereocenters. The van der Waals surface area contributed by atoms with Crippen molar-refractivity contribution in [3.05, 3.63) is 24.0 Å². The van der Waals surface area contributed by atoms with Gasteiger partial charge in [0.05, 0.1) is 5.92 Å². The van der Waals surface area contributed by atoms with Gasteiger partial charge in [-0.15, -0.1) is 0 Å². The van der Waals surface area contributed by atoms with Crippen LogP contribution in [0.1, 0.15) is 23.3 Å². The molecule has 0 aromatic carbocycles. The number of carboxylic acid groups (broad SMARTS) is 1. The quantitative estimate of drug-likeness (QED) is 0.782. The molecular weight excluding hydrogens is 208 g/mol. The van der Waals surface area contributed by atoms with Gasteiger partial charge in [-0.25, -0.2) is 0 Å². The lowest BCUT2D eigenvalue weighted by Crippen LogP contribution is -2.42. The third-order valence-electron chi connectivity index (χ3n) is 2.89. The fraction of sp³-hybridized carbons (Fsp3) is 0.455. The first kappa shape index (κ1) is 10.7. The monoisotopic (exact) mass is 222 g/mol. The molecule has 16 heavy (non-hydrogen) atoms. The van der Waals surface area contributed by atoms with Crippen molar-refractivity contribution in [1.82, 2.24) is 9.88 Å². The number of likely N-dealkylation sites (tertiary alicyclic amines) is 1. The maximum atomic E-state index is 11.9. The SMILES string of the molecule is O=C(O)[C@H]1CCCN(C(=O)c2ccc[nH]2)C1. The molecule has 0 saturated carbocycles. The van der Waals surface area contributed by atoms with Gasteiger partial charge in [-0.1, -0.05) is 0 Å². The topological polar surface area (TPSA) is 73.4 Å². The first-order valence-corrected chi connectivity index (χ1v) is 5.34. The molecule has 0 aliphatic carbocycles. The van der Waals surface area contributed by atoms with E-state index in [1.165, 1.54) is 0 Å². The Bertz CT molecular complexity index is 386. The smallest absolute Gasteiger partial charge is 0.308 e. The Hall–Kier alpha value is -1.78. The highest BCUT2D eigenvalue weighted by Crippen LogP contribution is 2.18. The van der Waals surface area contributed by atoms with E-state index >= 15 is 0 Å². The summed E-state index contributed by atoms with van der Waals surface area (Å²) in [6.07, 6.45) is 3.10. The van der Waals surface area contributed by atoms with Crippen LogP contribution < -0.4 is 0 Å². The summed E-state index contributed by atoms with van der Waals surface area (Å²) >= 11 is 0. The predicted molar refractivity (Wildman–Crippen MR) is 57.1 cm³/mol. The minimum atomic E-state index is -0.816. The molecule has 2 rings (SSSR count). The second kappa shape index (κ2) is 4.38. The number of nitrogens with one attached hydrogen (secondary N) is 1. The molecule has 5 heteroatoms. The lowest BCUT2D eigenvalue weighted by molar-refractivity contribution is -0.143. The van der Waals surface area contributed by atoms with Crippen LogP contribution in [0.3, 0.4) is 0 Å². The van der Waals surface area contributed by atoms with Crippen molar-refractivity contribution < 1.29 is 14.7 Å². The van der Waals surface area contributed by atoms with Crippen LogP contribution in [0.5, 0.6) is 0 Å². The fourth-order valence-electron chi connectivity index (χ4n) is 2.00. The van der Waals surface area contributed by atoms with E-state index in [1.807, 2.05) is 0 Å². The molecule has 1 aliphatic heterocycles. The molecular formula is C11H14N2O3. The van der Waals surface area contributed by atoms with Gasteiger partial charge in [0.2, 0.25) is 0 Å². The second-order valence-electron chi connectivity index (χ2n) is 4.01. The van der Waals surface area contributed by atoms with Crippen LogP contribution in [0.15, 0.2) is 18.3 Å². The van der Waals surface area contributed by atoms with Gasteiger partial charge >= 0.3 is 5.97 Å². The maximum Gasteiger partial charge on any atom is 0.308 e. The molecule has 1 atom stereocenters. The van der Waals surface area contributed by atoms with Crippen molar-refractivity contribution in [2.24, 2.45) is 5.92 Å². The molecule has 0 radical (unpaired) electrons. The van der Waals surface area contributed by atoms with E-state index in [0.717, 1.165) is 6.42 Å². The molecule has 1 saturated heterocycles. The lowest BCUT2D eigenvalue weighted by Gasteiger charge is -2.30. The number of aliphatic carboxylic acids is 1. The Kier molecular flexibility index (Phi) is 2.94. The van der Waals surface area contributed by atoms with Gasteiger partial charge in [0, 0.05) is 19.3 Å². The number of carboxylic acids is 1. The van der Waals surface area contributed by atoms with Crippen molar-refractivity contribution in [2.45, 2.75) is 12.8 Å². The van der Waals surface area contributed by atoms with E-state index < -0.39 is 11.9 Å². The number of hydrogen-bond acceptors (Lipinski definition) is 2. The molecule has 0 spiro atoms. The van der Waals surface area contributed by atoms with Crippen molar-refractivity contribution in [2.75, 3.05) is 13.1 Å². The highest BCUT2D eigenvalue weighted by molar-refractivity contribution is 5.92. The molecule has 1 aromatic rings. The third kappa shape index (κ3) is 2.08. The summed E-state index contributed by atoms with van der Waals surface area (Å²) in [7, 11) is 0. The Balaban J connectivity index is 2.05. The van der Waals surface area contributed by atoms with Crippen molar-refractivity contribution in [3.63, 3.8) is 0 Å². The maximum absolute atomic E-state index is 11.9. The third-order valence-corrected chi connectivity index (χ3v) is 2.89. The molecule has 1 aliphatic rings. The predicted octanol–water partition coefficient (Wildman–Crippen LogP) is 0.952. The summed E-state index contributed by atoms with van der Waals surface area (Å²) in [5, 5.41) is 8.92. The zero-order valence-electron chi connectivity index (χ0n) is 8.85. The molecule has 0 bridgehead atoms. The number of rotatable bonds is 2. The Morgan fingerprint density at radius 1 is 1.50 bits per heavy atom. The van der Waals surface area contributed by atoms with Crippen LogP contribution in [0, 0.1) is 5.92 Å². The first-order chi connectivity index (χ1) is 7.68. The van der Waals surface area contributed by atoms with Gasteiger partial charge in [-0.2, -0.15) is 0 Å². The van der Waals surface area contributed by atoms with Crippen LogP contribution in [-0.4, -0.2) is 40.0 Å². The zero-order chi connectivity index (χ0) is 11.5. The number of nitrogens with zero attached hydrogens (tertiary/aromatic N) is 1. The number of piperidine rings is 1. The summed E-state index contributed by atoms with van der Waals surface area (Å²) in [6.45, 7) is 0.953. The summed E-state index contributed by atoms with van der Waals surface area (Å²) in [4.78, 5) is 27.2. The summed E-state index contributed by atoms with van der Waals surface area (Å²) in [6, 6.07) is 3.46. The van der Waals surface area contributed by atoms with Crippen LogP contribution in [-0.2, 0) is 4.79 Å². The Morgan fingerprint density at radius 2 is 2.31 bits per heavy atom. The van der Waals surface area contributed by atoms with Gasteiger partial charge < -0.3 is 15.0 Å². The van der Waals surface area contributed by atoms with Gasteiger partial charge in [0.15, 0.2) is 0 Å². The number of amides is 1. The Labute approximate surface area is 93.1 Å². The zero-order valence-corrected chi connectivity index (χ0v) is 8.85. The molecule has 1 fully saturated rings. The molecule has 5 nitrogen and oxygen atoms in total. The van der Waals surface area contributed by atoms with Crippen LogP contribution in [0.25, 0.3) is 0 Å². The van der Waals surface area contributed by atoms with Gasteiger partial charge in [0.25, 0.3) is 5.91 Å². The highest BCUT2D eigenvalue weighted by atomic mass is 16.4. The van der Waals surface area contributed by atoms with Gasteiger partial charge in [-0.05, 0) is 25.0 Å². The highest BCUT2D eigenvalue weighted by Gasteiger charge is 2.28. The van der Waals surface area contributed by atoms with Crippen molar-refractivity contribution in [1.29, 1.82) is 0 Å². The Morgan fingerprint density at radius 3 is 2.94 bits per heavy atom. The van der Waals surface area contributed by atoms with Gasteiger partial charge in [-0.3, -0.25) is 9.59 Å². The van der Waals surface area contributed by atoms with Crippen LogP contribution in [0.4, 0.5) is 0 Å². The fourth-order valence-corrected chi connectivity index (χ4v) is 2.00. The minimum absolute atomic E-state index is 0.115. The standard InChI is InChI=1S/C11H14N2O3/c14-10(9-4-1-5-12-9)13-6-2-3-8(7-13)11(15)16/h1,4-5,8,12H,2-3,6-7H2,(H,15,16)/t8-/m0/s1. The minimum Gasteiger partial charge on any atom is -0.481 e. The van der Waals surface area contributed by atoms with E-state index in [2.05, 4.69) is 4.98 Å². The van der Waals surface area contributed by atoms with Gasteiger partial charge in [0.1, 0.15) is 5.69 Å². The normalized spacial score (nSPS) is 20.8. The summed E-state index contributed by atoms with van der Waals surface area (Å²) in [5.41, 5.74) is 0.519. The molecule has 1 amide bonds. The van der Waals surface area contributed by atoms with Crippen LogP contribution in [0.2, 0.25) is 0 Å². The molecule has 2 heterocycles. The van der Waals surface area contributed by atoms with Crippen molar-refractivity contribution in [3.8, 4) is 0 Å². The molecule has 2 N–H and O–H groups in total. The van der Waals surface area contributed by atoms with Crippen molar-refractivity contribution >= 4 is 11.9 Å². The van der Waals surface area contributed by atoms with E-state index in [9.17, 15) is 9.59 Å². The van der Waals surface area contributed by atoms with E-state index in [4.69, 9.17) is 5.11 Å². The number of aromatic nitrogens is 1. The molecule has 1 aromatic heterocycles. The number of hydrogen-bond donors (Lipinski definition) is 2. The van der Waals surface area contributed by atoms with E-state index in [0.29, 0.717) is 25.2 Å². The summed E-state index contributed by atoms with van der Waals surface area (Å²) < 4.78 is 0. The second-order valence-corrected chi connectivity index (χ2v) is 4.01. The largest absolute Gasteiger partial charge is 0.481 e. The number of H-pyrrole nitrogens is 1. The van der Waals surface area contributed by atoms with Crippen LogP contribution >= 0.6 is 0 Å². The molecule has 86 valence electrons. The number of aromatic amines is 1. The number of carbonyl (C=O) groups is 2. The average Bonchev–Trinajstić information content (AvgIpc) is 2.81. The van der Waals surface area contributed by atoms with E-state index in [-0.39, 0.29) is 5.91 Å². The first-order valence-electron chi connectivity index (χ1n) is 5.34. The average molecular weight is 222 g/mol. The number of carbonyl (C=O) groups excluding carboxylic acids is 1. The van der Waals surface area contributed by atoms with E-state index in [1.54, 1.807) is 23.2 Å².